The number of amides is 2. The molecule has 0 aliphatic carbocycles. The smallest absolute Gasteiger partial charge is 0.408 e. The topological polar surface area (TPSA) is 87.1 Å². The van der Waals surface area contributed by atoms with Crippen molar-refractivity contribution in [2.24, 2.45) is 0 Å². The minimum absolute atomic E-state index is 0.337. The van der Waals surface area contributed by atoms with Crippen LogP contribution < -0.4 is 16.4 Å². The number of fused-ring (bicyclic) bond motifs is 1. The zero-order valence-electron chi connectivity index (χ0n) is 11.6. The third-order valence-corrected chi connectivity index (χ3v) is 3.11. The van der Waals surface area contributed by atoms with E-state index in [1.54, 1.807) is 31.2 Å². The Morgan fingerprint density at radius 3 is 2.55 bits per heavy atom. The highest BCUT2D eigenvalue weighted by molar-refractivity contribution is 6.00. The molecule has 0 atom stereocenters. The highest BCUT2D eigenvalue weighted by Crippen LogP contribution is 2.17. The molecule has 2 aromatic carbocycles. The number of carbonyl (C=O) groups excluding carboxylic acids is 1. The predicted octanol–water partition coefficient (Wildman–Crippen LogP) is 3.21. The van der Waals surface area contributed by atoms with Crippen LogP contribution in [0.2, 0.25) is 0 Å². The maximum Gasteiger partial charge on any atom is 0.417 e. The van der Waals surface area contributed by atoms with Crippen molar-refractivity contribution in [2.75, 3.05) is 10.6 Å². The van der Waals surface area contributed by atoms with E-state index in [1.807, 2.05) is 0 Å². The van der Waals surface area contributed by atoms with E-state index in [2.05, 4.69) is 15.6 Å². The molecule has 0 saturated carbocycles. The molecule has 0 aliphatic rings. The first-order valence-corrected chi connectivity index (χ1v) is 6.48. The zero-order valence-corrected chi connectivity index (χ0v) is 11.6. The summed E-state index contributed by atoms with van der Waals surface area (Å²) in [7, 11) is 0. The fourth-order valence-corrected chi connectivity index (χ4v) is 1.99. The van der Waals surface area contributed by atoms with Gasteiger partial charge >= 0.3 is 11.8 Å². The molecule has 0 saturated heterocycles. The van der Waals surface area contributed by atoms with Crippen molar-refractivity contribution in [1.82, 2.24) is 4.98 Å². The first-order valence-electron chi connectivity index (χ1n) is 6.48. The third kappa shape index (κ3) is 2.83. The minimum Gasteiger partial charge on any atom is -0.408 e. The summed E-state index contributed by atoms with van der Waals surface area (Å²) in [4.78, 5) is 25.4. The molecule has 0 bridgehead atoms. The molecule has 3 rings (SSSR count). The number of carbonyl (C=O) groups is 1. The van der Waals surface area contributed by atoms with E-state index >= 15 is 0 Å². The normalized spacial score (nSPS) is 10.6. The van der Waals surface area contributed by atoms with Crippen molar-refractivity contribution in [3.8, 4) is 0 Å². The average molecular weight is 301 g/mol. The van der Waals surface area contributed by atoms with Crippen LogP contribution in [-0.4, -0.2) is 11.0 Å². The van der Waals surface area contributed by atoms with Gasteiger partial charge < -0.3 is 15.1 Å². The van der Waals surface area contributed by atoms with Gasteiger partial charge in [0.2, 0.25) is 0 Å². The summed E-state index contributed by atoms with van der Waals surface area (Å²) in [5.74, 6) is -0.958. The Kier molecular flexibility index (Phi) is 3.38. The molecule has 3 aromatic rings. The highest BCUT2D eigenvalue weighted by Gasteiger charge is 2.07. The van der Waals surface area contributed by atoms with Gasteiger partial charge in [-0.05, 0) is 36.8 Å². The molecule has 0 unspecified atom stereocenters. The molecular weight excluding hydrogens is 289 g/mol. The van der Waals surface area contributed by atoms with Crippen LogP contribution in [0.1, 0.15) is 5.56 Å². The van der Waals surface area contributed by atoms with Crippen LogP contribution in [0, 0.1) is 12.7 Å². The summed E-state index contributed by atoms with van der Waals surface area (Å²) in [6.07, 6.45) is 0. The van der Waals surface area contributed by atoms with Gasteiger partial charge in [0, 0.05) is 17.4 Å². The van der Waals surface area contributed by atoms with Crippen LogP contribution in [0.4, 0.5) is 20.6 Å². The number of halogens is 1. The fraction of sp³-hybridized carbons (Fsp3) is 0.0667. The van der Waals surface area contributed by atoms with Crippen molar-refractivity contribution < 1.29 is 13.6 Å². The highest BCUT2D eigenvalue weighted by atomic mass is 19.1. The van der Waals surface area contributed by atoms with Crippen molar-refractivity contribution in [1.29, 1.82) is 0 Å². The van der Waals surface area contributed by atoms with Gasteiger partial charge in [-0.15, -0.1) is 0 Å². The van der Waals surface area contributed by atoms with E-state index in [0.717, 1.165) is 0 Å². The van der Waals surface area contributed by atoms with Gasteiger partial charge in [0.1, 0.15) is 5.82 Å². The lowest BCUT2D eigenvalue weighted by atomic mass is 10.2. The van der Waals surface area contributed by atoms with Crippen LogP contribution in [0.3, 0.4) is 0 Å². The number of oxazole rings is 1. The van der Waals surface area contributed by atoms with Crippen LogP contribution in [-0.2, 0) is 0 Å². The van der Waals surface area contributed by atoms with E-state index in [0.29, 0.717) is 28.0 Å². The second-order valence-corrected chi connectivity index (χ2v) is 4.77. The van der Waals surface area contributed by atoms with Gasteiger partial charge in [0.15, 0.2) is 5.58 Å². The number of aromatic amines is 1. The van der Waals surface area contributed by atoms with Crippen LogP contribution in [0.15, 0.2) is 45.6 Å². The third-order valence-electron chi connectivity index (χ3n) is 3.11. The number of nitrogens with one attached hydrogen (secondary N) is 3. The number of anilines is 2. The lowest BCUT2D eigenvalue weighted by Crippen LogP contribution is -2.19. The number of H-pyrrole nitrogens is 1. The van der Waals surface area contributed by atoms with Gasteiger partial charge in [-0.25, -0.2) is 14.0 Å². The van der Waals surface area contributed by atoms with Crippen molar-refractivity contribution >= 4 is 28.5 Å². The van der Waals surface area contributed by atoms with Gasteiger partial charge in [-0.3, -0.25) is 4.98 Å². The number of benzene rings is 2. The first-order chi connectivity index (χ1) is 10.5. The van der Waals surface area contributed by atoms with Gasteiger partial charge in [0.25, 0.3) is 0 Å². The number of hydrogen-bond donors (Lipinski definition) is 3. The summed E-state index contributed by atoms with van der Waals surface area (Å²) in [6.45, 7) is 1.64. The SMILES string of the molecule is Cc1ccc(NC(=O)Nc2ccc3[nH]c(=O)oc3c2)cc1F. The summed E-state index contributed by atoms with van der Waals surface area (Å²) < 4.78 is 18.3. The van der Waals surface area contributed by atoms with Crippen molar-refractivity contribution in [2.45, 2.75) is 6.92 Å². The standard InChI is InChI=1S/C15H12FN3O3/c1-8-2-3-9(6-11(8)16)17-14(20)18-10-4-5-12-13(7-10)22-15(21)19-12/h2-7H,1H3,(H,19,21)(H2,17,18,20). The Hall–Kier alpha value is -3.09. The molecule has 112 valence electrons. The molecule has 7 heteroatoms. The molecule has 1 aromatic heterocycles. The Morgan fingerprint density at radius 1 is 1.14 bits per heavy atom. The lowest BCUT2D eigenvalue weighted by Gasteiger charge is -2.08. The largest absolute Gasteiger partial charge is 0.417 e. The summed E-state index contributed by atoms with van der Waals surface area (Å²) in [5.41, 5.74) is 2.16. The summed E-state index contributed by atoms with van der Waals surface area (Å²) in [6, 6.07) is 8.63. The van der Waals surface area contributed by atoms with Crippen LogP contribution in [0.5, 0.6) is 0 Å². The summed E-state index contributed by atoms with van der Waals surface area (Å²) >= 11 is 0. The molecule has 3 N–H and O–H groups in total. The zero-order chi connectivity index (χ0) is 15.7. The molecule has 0 spiro atoms. The van der Waals surface area contributed by atoms with Crippen LogP contribution in [0.25, 0.3) is 11.1 Å². The maximum atomic E-state index is 13.4. The van der Waals surface area contributed by atoms with E-state index in [1.165, 1.54) is 12.1 Å². The van der Waals surface area contributed by atoms with Crippen LogP contribution >= 0.6 is 0 Å². The number of hydrogen-bond acceptors (Lipinski definition) is 3. The fourth-order valence-electron chi connectivity index (χ4n) is 1.99. The first kappa shape index (κ1) is 13.9. The van der Waals surface area contributed by atoms with Crippen molar-refractivity contribution in [3.05, 3.63) is 58.3 Å². The predicted molar refractivity (Wildman–Crippen MR) is 80.6 cm³/mol. The van der Waals surface area contributed by atoms with E-state index in [-0.39, 0.29) is 0 Å². The molecule has 6 nitrogen and oxygen atoms in total. The lowest BCUT2D eigenvalue weighted by molar-refractivity contribution is 0.262. The molecule has 0 radical (unpaired) electrons. The van der Waals surface area contributed by atoms with E-state index in [9.17, 15) is 14.0 Å². The molecule has 1 heterocycles. The average Bonchev–Trinajstić information content (AvgIpc) is 2.82. The Balaban J connectivity index is 1.74. The monoisotopic (exact) mass is 301 g/mol. The quantitative estimate of drug-likeness (QED) is 0.679. The van der Waals surface area contributed by atoms with Gasteiger partial charge in [0.05, 0.1) is 5.52 Å². The minimum atomic E-state index is -0.563. The second kappa shape index (κ2) is 5.36. The Labute approximate surface area is 124 Å². The number of rotatable bonds is 2. The maximum absolute atomic E-state index is 13.4. The molecule has 2 amide bonds. The number of urea groups is 1. The van der Waals surface area contributed by atoms with E-state index < -0.39 is 17.6 Å². The molecule has 0 aliphatic heterocycles. The molecular formula is C15H12FN3O3. The summed E-state index contributed by atoms with van der Waals surface area (Å²) in [5, 5.41) is 5.10. The Bertz CT molecular complexity index is 914. The van der Waals surface area contributed by atoms with Gasteiger partial charge in [-0.2, -0.15) is 0 Å². The number of aromatic nitrogens is 1. The van der Waals surface area contributed by atoms with Crippen molar-refractivity contribution in [3.63, 3.8) is 0 Å². The molecule has 22 heavy (non-hydrogen) atoms. The second-order valence-electron chi connectivity index (χ2n) is 4.77. The number of aryl methyl sites for hydroxylation is 1. The van der Waals surface area contributed by atoms with Gasteiger partial charge in [-0.1, -0.05) is 6.07 Å². The van der Waals surface area contributed by atoms with E-state index in [4.69, 9.17) is 4.42 Å². The Morgan fingerprint density at radius 2 is 1.82 bits per heavy atom. The molecule has 0 fully saturated rings.